The molecule has 27 heavy (non-hydrogen) atoms. The minimum atomic E-state index is -0.167. The summed E-state index contributed by atoms with van der Waals surface area (Å²) in [6.45, 7) is 6.88. The molecular formula is C22H28N2O3. The second-order valence-corrected chi connectivity index (χ2v) is 7.93. The van der Waals surface area contributed by atoms with Gasteiger partial charge < -0.3 is 9.64 Å². The summed E-state index contributed by atoms with van der Waals surface area (Å²) in [5.74, 6) is -0.315. The van der Waals surface area contributed by atoms with Crippen LogP contribution < -0.4 is 0 Å². The van der Waals surface area contributed by atoms with E-state index in [1.54, 1.807) is 0 Å². The first-order chi connectivity index (χ1) is 13.1. The minimum Gasteiger partial charge on any atom is -0.376 e. The van der Waals surface area contributed by atoms with Crippen LogP contribution in [0.3, 0.4) is 0 Å². The molecule has 1 unspecified atom stereocenters. The van der Waals surface area contributed by atoms with Crippen molar-refractivity contribution >= 4 is 17.4 Å². The maximum Gasteiger partial charge on any atom is 0.277 e. The summed E-state index contributed by atoms with van der Waals surface area (Å²) in [6.07, 6.45) is 5.20. The number of aryl methyl sites for hydroxylation is 2. The van der Waals surface area contributed by atoms with Crippen LogP contribution >= 0.6 is 0 Å². The minimum absolute atomic E-state index is 0.0281. The highest BCUT2D eigenvalue weighted by atomic mass is 16.5. The molecule has 0 saturated carbocycles. The number of carbonyl (C=O) groups is 2. The average Bonchev–Trinajstić information content (AvgIpc) is 3.27. The van der Waals surface area contributed by atoms with Gasteiger partial charge in [0.05, 0.1) is 18.2 Å². The lowest BCUT2D eigenvalue weighted by atomic mass is 9.98. The molecule has 3 aliphatic rings. The molecule has 0 aromatic heterocycles. The number of imide groups is 1. The standard InChI is InChI=1S/C22H28N2O3/c1-15-8-9-17(13-16(15)2)19-20(23-10-4-3-5-11-23)22(26)24(21(19)25)14-18-7-6-12-27-18/h8-9,13,18H,3-7,10-12,14H2,1-2H3. The van der Waals surface area contributed by atoms with Crippen LogP contribution in [0.5, 0.6) is 0 Å². The number of nitrogens with zero attached hydrogens (tertiary/aromatic N) is 2. The van der Waals surface area contributed by atoms with Crippen molar-refractivity contribution in [3.63, 3.8) is 0 Å². The van der Waals surface area contributed by atoms with E-state index in [-0.39, 0.29) is 17.9 Å². The Morgan fingerprint density at radius 3 is 2.44 bits per heavy atom. The van der Waals surface area contributed by atoms with Gasteiger partial charge in [0.2, 0.25) is 0 Å². The first kappa shape index (κ1) is 18.2. The van der Waals surface area contributed by atoms with Gasteiger partial charge in [-0.2, -0.15) is 0 Å². The number of rotatable bonds is 4. The van der Waals surface area contributed by atoms with Crippen molar-refractivity contribution in [2.75, 3.05) is 26.2 Å². The maximum absolute atomic E-state index is 13.3. The summed E-state index contributed by atoms with van der Waals surface area (Å²) in [7, 11) is 0. The van der Waals surface area contributed by atoms with E-state index in [0.717, 1.165) is 56.5 Å². The Labute approximate surface area is 161 Å². The molecule has 4 rings (SSSR count). The fraction of sp³-hybridized carbons (Fsp3) is 0.545. The predicted molar refractivity (Wildman–Crippen MR) is 104 cm³/mol. The van der Waals surface area contributed by atoms with Gasteiger partial charge in [-0.15, -0.1) is 0 Å². The molecule has 0 aliphatic carbocycles. The van der Waals surface area contributed by atoms with E-state index in [4.69, 9.17) is 4.74 Å². The third-order valence-corrected chi connectivity index (χ3v) is 6.02. The maximum atomic E-state index is 13.3. The molecule has 2 amide bonds. The van der Waals surface area contributed by atoms with Crippen molar-refractivity contribution in [2.24, 2.45) is 0 Å². The van der Waals surface area contributed by atoms with Crippen LogP contribution in [0.1, 0.15) is 48.8 Å². The summed E-state index contributed by atoms with van der Waals surface area (Å²) in [4.78, 5) is 30.2. The third kappa shape index (κ3) is 3.41. The molecule has 0 N–H and O–H groups in total. The van der Waals surface area contributed by atoms with E-state index in [1.807, 2.05) is 25.1 Å². The second-order valence-electron chi connectivity index (χ2n) is 7.93. The van der Waals surface area contributed by atoms with E-state index in [0.29, 0.717) is 17.8 Å². The Hall–Kier alpha value is -2.14. The molecule has 3 heterocycles. The smallest absolute Gasteiger partial charge is 0.277 e. The van der Waals surface area contributed by atoms with Crippen LogP contribution in [0.25, 0.3) is 5.57 Å². The van der Waals surface area contributed by atoms with Crippen molar-refractivity contribution < 1.29 is 14.3 Å². The molecule has 0 bridgehead atoms. The van der Waals surface area contributed by atoms with Gasteiger partial charge in [-0.3, -0.25) is 14.5 Å². The Morgan fingerprint density at radius 2 is 1.78 bits per heavy atom. The molecule has 144 valence electrons. The lowest BCUT2D eigenvalue weighted by molar-refractivity contribution is -0.139. The van der Waals surface area contributed by atoms with Crippen molar-refractivity contribution in [1.82, 2.24) is 9.80 Å². The Morgan fingerprint density at radius 1 is 1.00 bits per heavy atom. The van der Waals surface area contributed by atoms with Crippen molar-refractivity contribution in [2.45, 2.75) is 52.1 Å². The number of hydrogen-bond acceptors (Lipinski definition) is 4. The number of piperidine rings is 1. The zero-order valence-corrected chi connectivity index (χ0v) is 16.3. The van der Waals surface area contributed by atoms with Gasteiger partial charge in [-0.25, -0.2) is 0 Å². The summed E-state index contributed by atoms with van der Waals surface area (Å²) in [6, 6.07) is 6.05. The average molecular weight is 368 g/mol. The quantitative estimate of drug-likeness (QED) is 0.767. The molecule has 1 atom stereocenters. The molecule has 2 saturated heterocycles. The van der Waals surface area contributed by atoms with Crippen LogP contribution in [-0.4, -0.2) is 54.0 Å². The van der Waals surface area contributed by atoms with Crippen molar-refractivity contribution in [3.8, 4) is 0 Å². The summed E-state index contributed by atoms with van der Waals surface area (Å²) in [5, 5.41) is 0. The fourth-order valence-corrected chi connectivity index (χ4v) is 4.29. The molecule has 2 fully saturated rings. The summed E-state index contributed by atoms with van der Waals surface area (Å²) < 4.78 is 5.69. The zero-order valence-electron chi connectivity index (χ0n) is 16.3. The molecule has 5 nitrogen and oxygen atoms in total. The number of benzene rings is 1. The fourth-order valence-electron chi connectivity index (χ4n) is 4.29. The molecule has 5 heteroatoms. The molecule has 1 aromatic carbocycles. The third-order valence-electron chi connectivity index (χ3n) is 6.02. The van der Waals surface area contributed by atoms with E-state index < -0.39 is 0 Å². The van der Waals surface area contributed by atoms with E-state index in [9.17, 15) is 9.59 Å². The normalized spacial score (nSPS) is 23.7. The van der Waals surface area contributed by atoms with Gasteiger partial charge in [0.15, 0.2) is 0 Å². The van der Waals surface area contributed by atoms with Crippen LogP contribution in [0.15, 0.2) is 23.9 Å². The molecule has 3 aliphatic heterocycles. The lowest BCUT2D eigenvalue weighted by Gasteiger charge is -2.30. The number of ether oxygens (including phenoxy) is 1. The predicted octanol–water partition coefficient (Wildman–Crippen LogP) is 3.05. The van der Waals surface area contributed by atoms with Gasteiger partial charge in [0, 0.05) is 19.7 Å². The van der Waals surface area contributed by atoms with Crippen LogP contribution in [0, 0.1) is 13.8 Å². The largest absolute Gasteiger partial charge is 0.376 e. The highest BCUT2D eigenvalue weighted by molar-refractivity contribution is 6.35. The number of amides is 2. The van der Waals surface area contributed by atoms with Crippen molar-refractivity contribution in [1.29, 1.82) is 0 Å². The number of carbonyl (C=O) groups excluding carboxylic acids is 2. The molecule has 1 aromatic rings. The monoisotopic (exact) mass is 368 g/mol. The van der Waals surface area contributed by atoms with E-state index in [1.165, 1.54) is 16.9 Å². The van der Waals surface area contributed by atoms with Crippen LogP contribution in [-0.2, 0) is 14.3 Å². The van der Waals surface area contributed by atoms with Crippen LogP contribution in [0.4, 0.5) is 0 Å². The van der Waals surface area contributed by atoms with E-state index >= 15 is 0 Å². The Balaban J connectivity index is 1.72. The van der Waals surface area contributed by atoms with Gasteiger partial charge in [0.1, 0.15) is 5.70 Å². The van der Waals surface area contributed by atoms with Crippen molar-refractivity contribution in [3.05, 3.63) is 40.6 Å². The van der Waals surface area contributed by atoms with Gasteiger partial charge in [-0.1, -0.05) is 18.2 Å². The van der Waals surface area contributed by atoms with Crippen LogP contribution in [0.2, 0.25) is 0 Å². The van der Waals surface area contributed by atoms with E-state index in [2.05, 4.69) is 11.8 Å². The highest BCUT2D eigenvalue weighted by Gasteiger charge is 2.43. The summed E-state index contributed by atoms with van der Waals surface area (Å²) in [5.41, 5.74) is 4.35. The SMILES string of the molecule is Cc1ccc(C2=C(N3CCCCC3)C(=O)N(CC3CCCO3)C2=O)cc1C. The topological polar surface area (TPSA) is 49.9 Å². The molecule has 0 radical (unpaired) electrons. The first-order valence-electron chi connectivity index (χ1n) is 10.1. The van der Waals surface area contributed by atoms with Gasteiger partial charge in [0.25, 0.3) is 11.8 Å². The Kier molecular flexibility index (Phi) is 5.04. The molecule has 0 spiro atoms. The highest BCUT2D eigenvalue weighted by Crippen LogP contribution is 2.34. The first-order valence-corrected chi connectivity index (χ1v) is 10.1. The van der Waals surface area contributed by atoms with Gasteiger partial charge in [-0.05, 0) is 62.6 Å². The Bertz CT molecular complexity index is 787. The number of hydrogen-bond donors (Lipinski definition) is 0. The summed E-state index contributed by atoms with van der Waals surface area (Å²) >= 11 is 0. The number of likely N-dealkylation sites (tertiary alicyclic amines) is 1. The lowest BCUT2D eigenvalue weighted by Crippen LogP contribution is -2.40. The van der Waals surface area contributed by atoms with Gasteiger partial charge >= 0.3 is 0 Å². The zero-order chi connectivity index (χ0) is 19.0. The second kappa shape index (κ2) is 7.47. The molecular weight excluding hydrogens is 340 g/mol.